The largest absolute Gasteiger partial charge is 0.497 e. The third-order valence-corrected chi connectivity index (χ3v) is 5.63. The lowest BCUT2D eigenvalue weighted by molar-refractivity contribution is 0.0665. The van der Waals surface area contributed by atoms with Gasteiger partial charge in [-0.2, -0.15) is 0 Å². The first kappa shape index (κ1) is 22.3. The zero-order valence-corrected chi connectivity index (χ0v) is 17.8. The third-order valence-electron chi connectivity index (χ3n) is 5.38. The summed E-state index contributed by atoms with van der Waals surface area (Å²) >= 11 is 5.88. The molecular weight excluding hydrogens is 409 g/mol. The van der Waals surface area contributed by atoms with Crippen molar-refractivity contribution in [2.24, 2.45) is 5.92 Å². The lowest BCUT2D eigenvalue weighted by Crippen LogP contribution is -2.51. The van der Waals surface area contributed by atoms with Crippen LogP contribution >= 0.6 is 11.6 Å². The van der Waals surface area contributed by atoms with Gasteiger partial charge in [0.2, 0.25) is 0 Å². The van der Waals surface area contributed by atoms with Crippen LogP contribution in [-0.4, -0.2) is 39.4 Å². The normalized spacial score (nSPS) is 19.7. The van der Waals surface area contributed by atoms with E-state index in [0.29, 0.717) is 35.0 Å². The molecule has 1 aliphatic rings. The quantitative estimate of drug-likeness (QED) is 0.604. The van der Waals surface area contributed by atoms with Gasteiger partial charge in [-0.1, -0.05) is 11.6 Å². The predicted octanol–water partition coefficient (Wildman–Crippen LogP) is 4.37. The van der Waals surface area contributed by atoms with Gasteiger partial charge in [0.25, 0.3) is 0 Å². The lowest BCUT2D eigenvalue weighted by atomic mass is 9.86. The van der Waals surface area contributed by atoms with Crippen molar-refractivity contribution in [1.82, 2.24) is 10.6 Å². The molecule has 8 heteroatoms. The van der Waals surface area contributed by atoms with Crippen LogP contribution in [-0.2, 0) is 4.74 Å². The molecule has 3 atom stereocenters. The van der Waals surface area contributed by atoms with Crippen molar-refractivity contribution in [2.45, 2.75) is 25.0 Å². The predicted molar refractivity (Wildman–Crippen MR) is 116 cm³/mol. The Balaban J connectivity index is 1.65. The number of methoxy groups -OCH3 is 2. The molecule has 1 fully saturated rings. The molecule has 0 spiro atoms. The molecular formula is C22H27ClFN3O3. The van der Waals surface area contributed by atoms with E-state index in [1.807, 2.05) is 0 Å². The molecule has 0 saturated carbocycles. The highest BCUT2D eigenvalue weighted by atomic mass is 35.5. The molecule has 2 amide bonds. The molecule has 0 aliphatic carbocycles. The number of anilines is 1. The number of ether oxygens (including phenoxy) is 2. The van der Waals surface area contributed by atoms with Crippen molar-refractivity contribution in [3.05, 3.63) is 58.9 Å². The van der Waals surface area contributed by atoms with E-state index in [1.54, 1.807) is 43.5 Å². The van der Waals surface area contributed by atoms with Crippen LogP contribution in [0.3, 0.4) is 0 Å². The third kappa shape index (κ3) is 5.84. The Bertz CT molecular complexity index is 850. The average Bonchev–Trinajstić information content (AvgIpc) is 2.75. The molecule has 1 heterocycles. The Morgan fingerprint density at radius 2 is 2.03 bits per heavy atom. The minimum absolute atomic E-state index is 0.0579. The van der Waals surface area contributed by atoms with Crippen LogP contribution in [0.15, 0.2) is 42.5 Å². The topological polar surface area (TPSA) is 71.6 Å². The highest BCUT2D eigenvalue weighted by Gasteiger charge is 2.30. The van der Waals surface area contributed by atoms with Crippen LogP contribution in [0.2, 0.25) is 5.02 Å². The Morgan fingerprint density at radius 1 is 1.27 bits per heavy atom. The summed E-state index contributed by atoms with van der Waals surface area (Å²) in [5, 5.41) is 9.84. The Morgan fingerprint density at radius 3 is 2.70 bits per heavy atom. The number of amides is 2. The van der Waals surface area contributed by atoms with Gasteiger partial charge in [0, 0.05) is 42.0 Å². The highest BCUT2D eigenvalue weighted by molar-refractivity contribution is 6.30. The summed E-state index contributed by atoms with van der Waals surface area (Å²) in [6.07, 6.45) is 0.920. The molecule has 30 heavy (non-hydrogen) atoms. The van der Waals surface area contributed by atoms with E-state index in [0.717, 1.165) is 13.0 Å². The Hall–Kier alpha value is -2.35. The number of hydrogen-bond acceptors (Lipinski definition) is 4. The number of benzene rings is 2. The van der Waals surface area contributed by atoms with E-state index >= 15 is 0 Å². The number of halogens is 2. The van der Waals surface area contributed by atoms with Crippen LogP contribution in [0.4, 0.5) is 14.9 Å². The number of hydrogen-bond donors (Lipinski definition) is 3. The van der Waals surface area contributed by atoms with E-state index in [4.69, 9.17) is 21.1 Å². The van der Waals surface area contributed by atoms with E-state index < -0.39 is 6.10 Å². The van der Waals surface area contributed by atoms with Crippen molar-refractivity contribution in [3.63, 3.8) is 0 Å². The lowest BCUT2D eigenvalue weighted by Gasteiger charge is -2.35. The second kappa shape index (κ2) is 10.6. The Labute approximate surface area is 181 Å². The van der Waals surface area contributed by atoms with Crippen LogP contribution < -0.4 is 20.7 Å². The monoisotopic (exact) mass is 435 g/mol. The highest BCUT2D eigenvalue weighted by Crippen LogP contribution is 2.31. The molecule has 2 aromatic carbocycles. The number of urea groups is 1. The van der Waals surface area contributed by atoms with Crippen molar-refractivity contribution in [3.8, 4) is 5.75 Å². The molecule has 2 unspecified atom stereocenters. The van der Waals surface area contributed by atoms with Gasteiger partial charge in [-0.3, -0.25) is 0 Å². The van der Waals surface area contributed by atoms with Crippen molar-refractivity contribution in [2.75, 3.05) is 32.6 Å². The molecule has 0 bridgehead atoms. The van der Waals surface area contributed by atoms with E-state index in [-0.39, 0.29) is 23.8 Å². The standard InChI is InChI=1S/C22H27ClFN3O3/c1-29-17-7-8-18(19(24)12-17)21(30-2)11-14-13-25-10-9-20(14)27-22(28)26-16-5-3-15(23)4-6-16/h3-8,12,14,20-21,25H,9-11,13H2,1-2H3,(H2,26,27,28)/t14?,20?,21-/m1/s1. The van der Waals surface area contributed by atoms with Crippen LogP contribution in [0.25, 0.3) is 0 Å². The molecule has 6 nitrogen and oxygen atoms in total. The molecule has 0 radical (unpaired) electrons. The molecule has 0 aromatic heterocycles. The van der Waals surface area contributed by atoms with Gasteiger partial charge in [0.05, 0.1) is 13.2 Å². The zero-order valence-electron chi connectivity index (χ0n) is 17.1. The van der Waals surface area contributed by atoms with E-state index in [9.17, 15) is 9.18 Å². The first-order chi connectivity index (χ1) is 14.5. The minimum atomic E-state index is -0.426. The molecule has 3 rings (SSSR count). The summed E-state index contributed by atoms with van der Waals surface area (Å²) in [5.41, 5.74) is 1.14. The first-order valence-corrected chi connectivity index (χ1v) is 10.3. The number of nitrogens with one attached hydrogen (secondary N) is 3. The summed E-state index contributed by atoms with van der Waals surface area (Å²) in [6.45, 7) is 1.51. The maximum atomic E-state index is 14.5. The second-order valence-electron chi connectivity index (χ2n) is 7.31. The van der Waals surface area contributed by atoms with Crippen molar-refractivity contribution in [1.29, 1.82) is 0 Å². The van der Waals surface area contributed by atoms with Crippen LogP contribution in [0.1, 0.15) is 24.5 Å². The van der Waals surface area contributed by atoms with Crippen LogP contribution in [0.5, 0.6) is 5.75 Å². The number of carbonyl (C=O) groups is 1. The van der Waals surface area contributed by atoms with Gasteiger partial charge >= 0.3 is 6.03 Å². The van der Waals surface area contributed by atoms with Gasteiger partial charge < -0.3 is 25.4 Å². The number of piperidine rings is 1. The zero-order chi connectivity index (χ0) is 21.5. The minimum Gasteiger partial charge on any atom is -0.497 e. The summed E-state index contributed by atoms with van der Waals surface area (Å²) in [6, 6.07) is 11.4. The summed E-state index contributed by atoms with van der Waals surface area (Å²) < 4.78 is 25.2. The maximum Gasteiger partial charge on any atom is 0.319 e. The van der Waals surface area contributed by atoms with Crippen LogP contribution in [0, 0.1) is 11.7 Å². The number of rotatable bonds is 7. The number of carbonyl (C=O) groups excluding carboxylic acids is 1. The molecule has 1 aliphatic heterocycles. The second-order valence-corrected chi connectivity index (χ2v) is 7.75. The summed E-state index contributed by atoms with van der Waals surface area (Å²) in [5.74, 6) is 0.181. The maximum absolute atomic E-state index is 14.5. The van der Waals surface area contributed by atoms with Crippen molar-refractivity contribution < 1.29 is 18.7 Å². The molecule has 2 aromatic rings. The van der Waals surface area contributed by atoms with Gasteiger partial charge in [-0.05, 0) is 61.7 Å². The van der Waals surface area contributed by atoms with Gasteiger partial charge in [0.15, 0.2) is 0 Å². The van der Waals surface area contributed by atoms with Gasteiger partial charge in [0.1, 0.15) is 11.6 Å². The molecule has 1 saturated heterocycles. The van der Waals surface area contributed by atoms with Crippen molar-refractivity contribution >= 4 is 23.3 Å². The van der Waals surface area contributed by atoms with Gasteiger partial charge in [-0.25, -0.2) is 9.18 Å². The summed E-state index contributed by atoms with van der Waals surface area (Å²) in [7, 11) is 3.07. The average molecular weight is 436 g/mol. The summed E-state index contributed by atoms with van der Waals surface area (Å²) in [4.78, 5) is 12.5. The van der Waals surface area contributed by atoms with E-state index in [1.165, 1.54) is 13.2 Å². The SMILES string of the molecule is COc1ccc([C@@H](CC2CNCCC2NC(=O)Nc2ccc(Cl)cc2)OC)c(F)c1. The first-order valence-electron chi connectivity index (χ1n) is 9.90. The fourth-order valence-corrected chi connectivity index (χ4v) is 3.88. The van der Waals surface area contributed by atoms with E-state index in [2.05, 4.69) is 16.0 Å². The fraction of sp³-hybridized carbons (Fsp3) is 0.409. The fourth-order valence-electron chi connectivity index (χ4n) is 3.75. The van der Waals surface area contributed by atoms with Gasteiger partial charge in [-0.15, -0.1) is 0 Å². The Kier molecular flexibility index (Phi) is 7.90. The molecule has 3 N–H and O–H groups in total. The smallest absolute Gasteiger partial charge is 0.319 e. The molecule has 162 valence electrons.